The minimum Gasteiger partial charge on any atom is -0.350 e. The van der Waals surface area contributed by atoms with Gasteiger partial charge in [-0.25, -0.2) is 0 Å². The van der Waals surface area contributed by atoms with Gasteiger partial charge in [0, 0.05) is 30.7 Å². The summed E-state index contributed by atoms with van der Waals surface area (Å²) in [7, 11) is 0. The van der Waals surface area contributed by atoms with Gasteiger partial charge in [0.25, 0.3) is 11.8 Å². The van der Waals surface area contributed by atoms with E-state index in [1.165, 1.54) is 18.0 Å². The number of nitrogens with zero attached hydrogens (tertiary/aromatic N) is 2. The van der Waals surface area contributed by atoms with Gasteiger partial charge in [-0.15, -0.1) is 0 Å². The molecule has 3 rings (SSSR count). The fourth-order valence-electron chi connectivity index (χ4n) is 2.80. The second-order valence-corrected chi connectivity index (χ2v) is 6.08. The second-order valence-electron chi connectivity index (χ2n) is 6.08. The molecule has 1 unspecified atom stereocenters. The lowest BCUT2D eigenvalue weighted by Crippen LogP contribution is -2.33. The van der Waals surface area contributed by atoms with Gasteiger partial charge in [-0.2, -0.15) is 0 Å². The first-order valence-electron chi connectivity index (χ1n) is 8.26. The molecule has 0 radical (unpaired) electrons. The number of fused-ring (bicyclic) bond motifs is 1. The van der Waals surface area contributed by atoms with Crippen molar-refractivity contribution in [3.8, 4) is 0 Å². The van der Waals surface area contributed by atoms with Crippen LogP contribution < -0.4 is 10.2 Å². The Hall–Kier alpha value is -2.69. The molecule has 5 nitrogen and oxygen atoms in total. The van der Waals surface area contributed by atoms with Crippen LogP contribution in [0.2, 0.25) is 0 Å². The molecule has 1 N–H and O–H groups in total. The van der Waals surface area contributed by atoms with Crippen LogP contribution in [0, 0.1) is 0 Å². The molecule has 0 spiro atoms. The number of hydrogen-bond acceptors (Lipinski definition) is 3. The van der Waals surface area contributed by atoms with E-state index in [0.717, 1.165) is 18.5 Å². The molecular formula is C19H21N3O2. The topological polar surface area (TPSA) is 62.3 Å². The average Bonchev–Trinajstić information content (AvgIpc) is 3.05. The largest absolute Gasteiger partial charge is 0.350 e. The van der Waals surface area contributed by atoms with E-state index in [9.17, 15) is 9.59 Å². The van der Waals surface area contributed by atoms with Gasteiger partial charge in [-0.1, -0.05) is 25.1 Å². The van der Waals surface area contributed by atoms with Crippen molar-refractivity contribution in [2.45, 2.75) is 32.7 Å². The number of benzene rings is 1. The van der Waals surface area contributed by atoms with Gasteiger partial charge in [0.15, 0.2) is 0 Å². The van der Waals surface area contributed by atoms with Gasteiger partial charge in [-0.05, 0) is 37.5 Å². The fraction of sp³-hybridized carbons (Fsp3) is 0.316. The van der Waals surface area contributed by atoms with Crippen LogP contribution in [0.3, 0.4) is 0 Å². The minimum absolute atomic E-state index is 0.0855. The van der Waals surface area contributed by atoms with E-state index in [-0.39, 0.29) is 17.9 Å². The molecule has 24 heavy (non-hydrogen) atoms. The molecule has 0 saturated heterocycles. The summed E-state index contributed by atoms with van der Waals surface area (Å²) in [6.07, 6.45) is 4.71. The van der Waals surface area contributed by atoms with Crippen molar-refractivity contribution in [1.29, 1.82) is 0 Å². The molecular weight excluding hydrogens is 302 g/mol. The van der Waals surface area contributed by atoms with Crippen LogP contribution in [0.15, 0.2) is 42.7 Å². The number of carbonyl (C=O) groups is 2. The zero-order chi connectivity index (χ0) is 17.1. The third kappa shape index (κ3) is 3.15. The van der Waals surface area contributed by atoms with Crippen LogP contribution >= 0.6 is 0 Å². The number of carbonyl (C=O) groups excluding carboxylic acids is 2. The Bertz CT molecular complexity index is 773. The van der Waals surface area contributed by atoms with Gasteiger partial charge in [0.05, 0.1) is 11.1 Å². The van der Waals surface area contributed by atoms with Crippen molar-refractivity contribution in [1.82, 2.24) is 10.3 Å². The first-order chi connectivity index (χ1) is 11.6. The zero-order valence-electron chi connectivity index (χ0n) is 14.0. The van der Waals surface area contributed by atoms with E-state index in [4.69, 9.17) is 0 Å². The van der Waals surface area contributed by atoms with Crippen molar-refractivity contribution in [3.63, 3.8) is 0 Å². The van der Waals surface area contributed by atoms with E-state index in [2.05, 4.69) is 10.3 Å². The van der Waals surface area contributed by atoms with Crippen LogP contribution in [-0.4, -0.2) is 29.4 Å². The quantitative estimate of drug-likeness (QED) is 0.941. The van der Waals surface area contributed by atoms with Crippen LogP contribution in [-0.2, 0) is 6.42 Å². The predicted molar refractivity (Wildman–Crippen MR) is 93.3 cm³/mol. The molecule has 124 valence electrons. The minimum atomic E-state index is -0.201. The maximum absolute atomic E-state index is 12.8. The van der Waals surface area contributed by atoms with Gasteiger partial charge in [0.1, 0.15) is 0 Å². The van der Waals surface area contributed by atoms with Crippen LogP contribution in [0.4, 0.5) is 5.69 Å². The van der Waals surface area contributed by atoms with Gasteiger partial charge < -0.3 is 10.2 Å². The average molecular weight is 323 g/mol. The number of nitrogens with one attached hydrogen (secondary N) is 1. The van der Waals surface area contributed by atoms with Crippen molar-refractivity contribution < 1.29 is 9.59 Å². The van der Waals surface area contributed by atoms with E-state index < -0.39 is 0 Å². The number of para-hydroxylation sites is 1. The van der Waals surface area contributed by atoms with Gasteiger partial charge in [-0.3, -0.25) is 14.6 Å². The van der Waals surface area contributed by atoms with Gasteiger partial charge >= 0.3 is 0 Å². The standard InChI is InChI=1S/C19H21N3O2/c1-3-13(2)21-18(23)15-10-16(12-20-11-15)19(24)22-9-8-14-6-4-5-7-17(14)22/h4-7,10-13H,3,8-9H2,1-2H3,(H,21,23). The number of anilines is 1. The van der Waals surface area contributed by atoms with Crippen LogP contribution in [0.1, 0.15) is 46.5 Å². The Balaban J connectivity index is 1.82. The molecule has 0 saturated carbocycles. The van der Waals surface area contributed by atoms with Crippen LogP contribution in [0.25, 0.3) is 0 Å². The molecule has 2 aromatic rings. The lowest BCUT2D eigenvalue weighted by atomic mass is 10.1. The molecule has 1 aliphatic heterocycles. The molecule has 2 heterocycles. The fourth-order valence-corrected chi connectivity index (χ4v) is 2.80. The van der Waals surface area contributed by atoms with Crippen molar-refractivity contribution in [2.75, 3.05) is 11.4 Å². The highest BCUT2D eigenvalue weighted by Crippen LogP contribution is 2.28. The molecule has 1 atom stereocenters. The molecule has 5 heteroatoms. The molecule has 0 aliphatic carbocycles. The monoisotopic (exact) mass is 323 g/mol. The van der Waals surface area contributed by atoms with Crippen molar-refractivity contribution in [2.24, 2.45) is 0 Å². The van der Waals surface area contributed by atoms with Gasteiger partial charge in [0.2, 0.25) is 0 Å². The third-order valence-electron chi connectivity index (χ3n) is 4.37. The van der Waals surface area contributed by atoms with Crippen molar-refractivity contribution in [3.05, 3.63) is 59.4 Å². The molecule has 0 bridgehead atoms. The SMILES string of the molecule is CCC(C)NC(=O)c1cncc(C(=O)N2CCc3ccccc32)c1. The molecule has 0 fully saturated rings. The number of pyridine rings is 1. The summed E-state index contributed by atoms with van der Waals surface area (Å²) in [5.74, 6) is -0.320. The number of rotatable bonds is 4. The summed E-state index contributed by atoms with van der Waals surface area (Å²) in [6, 6.07) is 9.60. The third-order valence-corrected chi connectivity index (χ3v) is 4.37. The lowest BCUT2D eigenvalue weighted by molar-refractivity contribution is 0.0939. The summed E-state index contributed by atoms with van der Waals surface area (Å²) in [6.45, 7) is 4.61. The maximum atomic E-state index is 12.8. The zero-order valence-corrected chi connectivity index (χ0v) is 14.0. The van der Waals surface area contributed by atoms with E-state index >= 15 is 0 Å². The summed E-state index contributed by atoms with van der Waals surface area (Å²) in [5.41, 5.74) is 2.96. The maximum Gasteiger partial charge on any atom is 0.259 e. The second kappa shape index (κ2) is 6.83. The molecule has 1 aliphatic rings. The highest BCUT2D eigenvalue weighted by atomic mass is 16.2. The first-order valence-corrected chi connectivity index (χ1v) is 8.26. The lowest BCUT2D eigenvalue weighted by Gasteiger charge is -2.17. The Morgan fingerprint density at radius 2 is 2.00 bits per heavy atom. The van der Waals surface area contributed by atoms with E-state index in [1.54, 1.807) is 11.0 Å². The smallest absolute Gasteiger partial charge is 0.259 e. The summed E-state index contributed by atoms with van der Waals surface area (Å²) in [4.78, 5) is 30.9. The first kappa shape index (κ1) is 16.2. The molecule has 1 aromatic heterocycles. The van der Waals surface area contributed by atoms with Crippen molar-refractivity contribution >= 4 is 17.5 Å². The van der Waals surface area contributed by atoms with Crippen LogP contribution in [0.5, 0.6) is 0 Å². The Labute approximate surface area is 141 Å². The highest BCUT2D eigenvalue weighted by Gasteiger charge is 2.25. The number of aromatic nitrogens is 1. The highest BCUT2D eigenvalue weighted by molar-refractivity contribution is 6.08. The predicted octanol–water partition coefficient (Wildman–Crippen LogP) is 2.81. The number of amides is 2. The Morgan fingerprint density at radius 1 is 1.25 bits per heavy atom. The summed E-state index contributed by atoms with van der Waals surface area (Å²) >= 11 is 0. The Morgan fingerprint density at radius 3 is 2.79 bits per heavy atom. The summed E-state index contributed by atoms with van der Waals surface area (Å²) in [5, 5.41) is 2.89. The van der Waals surface area contributed by atoms with E-state index in [1.807, 2.05) is 38.1 Å². The Kier molecular flexibility index (Phi) is 4.60. The summed E-state index contributed by atoms with van der Waals surface area (Å²) < 4.78 is 0. The normalized spacial score (nSPS) is 14.2. The van der Waals surface area contributed by atoms with E-state index in [0.29, 0.717) is 17.7 Å². The molecule has 2 amide bonds. The number of hydrogen-bond donors (Lipinski definition) is 1. The molecule has 1 aromatic carbocycles.